The van der Waals surface area contributed by atoms with Crippen LogP contribution in [0.2, 0.25) is 0 Å². The summed E-state index contributed by atoms with van der Waals surface area (Å²) in [5.41, 5.74) is 2.53. The van der Waals surface area contributed by atoms with Gasteiger partial charge < -0.3 is 14.3 Å². The number of carbonyl (C=O) groups is 1. The Kier molecular flexibility index (Phi) is 3.37. The van der Waals surface area contributed by atoms with Gasteiger partial charge in [-0.15, -0.1) is 0 Å². The molecule has 0 bridgehead atoms. The van der Waals surface area contributed by atoms with E-state index in [0.29, 0.717) is 17.0 Å². The van der Waals surface area contributed by atoms with Crippen LogP contribution in [0.4, 0.5) is 0 Å². The van der Waals surface area contributed by atoms with E-state index in [4.69, 9.17) is 22.8 Å². The highest BCUT2D eigenvalue weighted by molar-refractivity contribution is 7.71. The van der Waals surface area contributed by atoms with Crippen LogP contribution in [0, 0.1) is 4.77 Å². The van der Waals surface area contributed by atoms with Crippen LogP contribution in [0.5, 0.6) is 0 Å². The molecule has 7 heteroatoms. The van der Waals surface area contributed by atoms with E-state index in [2.05, 4.69) is 10.4 Å². The number of H-pyrrole nitrogens is 1. The van der Waals surface area contributed by atoms with Crippen LogP contribution in [0.1, 0.15) is 23.3 Å². The van der Waals surface area contributed by atoms with Crippen LogP contribution in [0.3, 0.4) is 0 Å². The number of nitrogens with zero attached hydrogens (tertiary/aromatic N) is 1. The maximum absolute atomic E-state index is 11.5. The molecule has 1 aliphatic heterocycles. The van der Waals surface area contributed by atoms with Gasteiger partial charge >= 0.3 is 0 Å². The molecule has 2 rings (SSSR count). The van der Waals surface area contributed by atoms with E-state index >= 15 is 0 Å². The number of hydrogen-bond acceptors (Lipinski definition) is 4. The van der Waals surface area contributed by atoms with Crippen LogP contribution in [-0.4, -0.2) is 28.2 Å². The molecule has 0 aliphatic carbocycles. The first-order valence-corrected chi connectivity index (χ1v) is 5.54. The molecule has 1 amide bonds. The second kappa shape index (κ2) is 4.77. The molecule has 16 heavy (non-hydrogen) atoms. The maximum atomic E-state index is 11.5. The van der Waals surface area contributed by atoms with Gasteiger partial charge in [-0.25, -0.2) is 5.84 Å². The molecule has 1 aromatic rings. The molecule has 2 heterocycles. The number of aromatic amines is 1. The van der Waals surface area contributed by atoms with Crippen molar-refractivity contribution in [1.29, 1.82) is 0 Å². The van der Waals surface area contributed by atoms with Gasteiger partial charge in [0.25, 0.3) is 5.91 Å². The molecule has 0 spiro atoms. The topological polar surface area (TPSA) is 85.1 Å². The van der Waals surface area contributed by atoms with Crippen molar-refractivity contribution in [2.24, 2.45) is 5.84 Å². The predicted octanol–water partition coefficient (Wildman–Crippen LogP) is 0.328. The quantitative estimate of drug-likeness (QED) is 0.308. The number of aromatic nitrogens is 2. The summed E-state index contributed by atoms with van der Waals surface area (Å²) in [6.07, 6.45) is 3.74. The SMILES string of the molecule is NNC(=O)c1c[nH]c(=S)n1C[C@H]1CCCO1. The fourth-order valence-corrected chi connectivity index (χ4v) is 2.06. The van der Waals surface area contributed by atoms with E-state index in [-0.39, 0.29) is 12.0 Å². The van der Waals surface area contributed by atoms with Crippen LogP contribution < -0.4 is 11.3 Å². The van der Waals surface area contributed by atoms with Crippen molar-refractivity contribution in [3.63, 3.8) is 0 Å². The molecular weight excluding hydrogens is 228 g/mol. The van der Waals surface area contributed by atoms with Crippen molar-refractivity contribution in [2.75, 3.05) is 6.61 Å². The minimum Gasteiger partial charge on any atom is -0.376 e. The first kappa shape index (κ1) is 11.3. The van der Waals surface area contributed by atoms with Crippen LogP contribution >= 0.6 is 12.2 Å². The standard InChI is InChI=1S/C9H14N4O2S/c10-12-8(14)7-4-11-9(16)13(7)5-6-2-1-3-15-6/h4,6H,1-3,5,10H2,(H,11,16)(H,12,14)/t6-/m1/s1. The van der Waals surface area contributed by atoms with Gasteiger partial charge in [0, 0.05) is 12.8 Å². The minimum absolute atomic E-state index is 0.131. The lowest BCUT2D eigenvalue weighted by atomic mass is 10.2. The Morgan fingerprint density at radius 1 is 1.81 bits per heavy atom. The molecule has 1 aromatic heterocycles. The molecule has 0 radical (unpaired) electrons. The fraction of sp³-hybridized carbons (Fsp3) is 0.556. The number of hydrogen-bond donors (Lipinski definition) is 3. The molecule has 0 saturated carbocycles. The van der Waals surface area contributed by atoms with Gasteiger partial charge in [0.2, 0.25) is 0 Å². The first-order valence-electron chi connectivity index (χ1n) is 5.13. The molecular formula is C9H14N4O2S. The van der Waals surface area contributed by atoms with Gasteiger partial charge in [-0.05, 0) is 25.1 Å². The number of nitrogens with one attached hydrogen (secondary N) is 2. The average molecular weight is 242 g/mol. The molecule has 1 aliphatic rings. The van der Waals surface area contributed by atoms with Crippen LogP contribution in [0.25, 0.3) is 0 Å². The maximum Gasteiger partial charge on any atom is 0.283 e. The predicted molar refractivity (Wildman–Crippen MR) is 60.2 cm³/mol. The third-order valence-corrected chi connectivity index (χ3v) is 2.98. The van der Waals surface area contributed by atoms with Crippen LogP contribution in [-0.2, 0) is 11.3 Å². The summed E-state index contributed by atoms with van der Waals surface area (Å²) in [5.74, 6) is 4.74. The van der Waals surface area contributed by atoms with E-state index in [1.807, 2.05) is 0 Å². The second-order valence-corrected chi connectivity index (χ2v) is 4.08. The lowest BCUT2D eigenvalue weighted by Crippen LogP contribution is -2.32. The van der Waals surface area contributed by atoms with Crippen molar-refractivity contribution >= 4 is 18.1 Å². The largest absolute Gasteiger partial charge is 0.376 e. The van der Waals surface area contributed by atoms with Crippen molar-refractivity contribution in [3.8, 4) is 0 Å². The molecule has 0 unspecified atom stereocenters. The number of nitrogens with two attached hydrogens (primary N) is 1. The lowest BCUT2D eigenvalue weighted by Gasteiger charge is -2.12. The summed E-state index contributed by atoms with van der Waals surface area (Å²) in [4.78, 5) is 14.3. The zero-order chi connectivity index (χ0) is 11.5. The average Bonchev–Trinajstić information content (AvgIpc) is 2.90. The summed E-state index contributed by atoms with van der Waals surface area (Å²) in [7, 11) is 0. The Morgan fingerprint density at radius 3 is 3.25 bits per heavy atom. The smallest absolute Gasteiger partial charge is 0.283 e. The normalized spacial score (nSPS) is 19.9. The number of hydrazine groups is 1. The van der Waals surface area contributed by atoms with Gasteiger partial charge in [0.1, 0.15) is 5.69 Å². The Bertz CT molecular complexity index is 433. The molecule has 1 saturated heterocycles. The van der Waals surface area contributed by atoms with Crippen molar-refractivity contribution in [3.05, 3.63) is 16.7 Å². The van der Waals surface area contributed by atoms with Crippen molar-refractivity contribution in [2.45, 2.75) is 25.5 Å². The fourth-order valence-electron chi connectivity index (χ4n) is 1.83. The first-order chi connectivity index (χ1) is 7.72. The molecule has 88 valence electrons. The summed E-state index contributed by atoms with van der Waals surface area (Å²) in [6.45, 7) is 1.37. The summed E-state index contributed by atoms with van der Waals surface area (Å²) >= 11 is 5.11. The number of amides is 1. The van der Waals surface area contributed by atoms with Gasteiger partial charge in [-0.3, -0.25) is 10.2 Å². The lowest BCUT2D eigenvalue weighted by molar-refractivity contribution is 0.0894. The zero-order valence-electron chi connectivity index (χ0n) is 8.73. The summed E-state index contributed by atoms with van der Waals surface area (Å²) in [6, 6.07) is 0. The Balaban J connectivity index is 2.21. The highest BCUT2D eigenvalue weighted by Gasteiger charge is 2.19. The van der Waals surface area contributed by atoms with Gasteiger partial charge in [0.05, 0.1) is 12.6 Å². The van der Waals surface area contributed by atoms with Crippen molar-refractivity contribution in [1.82, 2.24) is 15.0 Å². The van der Waals surface area contributed by atoms with E-state index in [1.165, 1.54) is 0 Å². The monoisotopic (exact) mass is 242 g/mol. The van der Waals surface area contributed by atoms with Crippen LogP contribution in [0.15, 0.2) is 6.20 Å². The molecule has 0 aromatic carbocycles. The zero-order valence-corrected chi connectivity index (χ0v) is 9.55. The summed E-state index contributed by atoms with van der Waals surface area (Å²) < 4.78 is 7.73. The van der Waals surface area contributed by atoms with E-state index in [9.17, 15) is 4.79 Å². The highest BCUT2D eigenvalue weighted by Crippen LogP contribution is 2.15. The Labute approximate surface area is 97.7 Å². The van der Waals surface area contributed by atoms with E-state index in [1.54, 1.807) is 10.8 Å². The number of carbonyl (C=O) groups excluding carboxylic acids is 1. The van der Waals surface area contributed by atoms with E-state index in [0.717, 1.165) is 19.4 Å². The van der Waals surface area contributed by atoms with Crippen molar-refractivity contribution < 1.29 is 9.53 Å². The Hall–Kier alpha value is -1.18. The molecule has 1 fully saturated rings. The third-order valence-electron chi connectivity index (χ3n) is 2.64. The molecule has 1 atom stereocenters. The second-order valence-electron chi connectivity index (χ2n) is 3.70. The van der Waals surface area contributed by atoms with Gasteiger partial charge in [-0.1, -0.05) is 0 Å². The molecule has 6 nitrogen and oxygen atoms in total. The van der Waals surface area contributed by atoms with Gasteiger partial charge in [-0.2, -0.15) is 0 Å². The Morgan fingerprint density at radius 2 is 2.62 bits per heavy atom. The highest BCUT2D eigenvalue weighted by atomic mass is 32.1. The number of ether oxygens (including phenoxy) is 1. The summed E-state index contributed by atoms with van der Waals surface area (Å²) in [5, 5.41) is 0. The number of nitrogen functional groups attached to an aromatic ring is 1. The molecule has 4 N–H and O–H groups in total. The number of imidazole rings is 1. The number of rotatable bonds is 3. The van der Waals surface area contributed by atoms with E-state index < -0.39 is 0 Å². The van der Waals surface area contributed by atoms with Gasteiger partial charge in [0.15, 0.2) is 4.77 Å². The minimum atomic E-state index is -0.356. The third kappa shape index (κ3) is 2.16.